The minimum Gasteiger partial charge on any atom is -0.457 e. The fraction of sp³-hybridized carbons (Fsp3) is 0.652. The number of hydrogen-bond donors (Lipinski definition) is 0. The number of carbonyl (C=O) groups excluding carboxylic acids is 2. The van der Waals surface area contributed by atoms with Crippen LogP contribution >= 0.6 is 0 Å². The van der Waals surface area contributed by atoms with Crippen molar-refractivity contribution >= 4 is 11.9 Å². The first-order chi connectivity index (χ1) is 12.6. The van der Waals surface area contributed by atoms with Gasteiger partial charge in [0.2, 0.25) is 0 Å². The molecule has 1 fully saturated rings. The number of esters is 2. The molecule has 0 aromatic carbocycles. The monoisotopic (exact) mass is 376 g/mol. The minimum absolute atomic E-state index is 0.201. The summed E-state index contributed by atoms with van der Waals surface area (Å²) in [4.78, 5) is 24.4. The maximum atomic E-state index is 12.3. The summed E-state index contributed by atoms with van der Waals surface area (Å²) >= 11 is 0. The molecule has 0 bridgehead atoms. The Labute approximate surface area is 164 Å². The average Bonchev–Trinajstić information content (AvgIpc) is 3.06. The van der Waals surface area contributed by atoms with Crippen LogP contribution in [0.1, 0.15) is 73.1 Å². The van der Waals surface area contributed by atoms with Gasteiger partial charge in [0.05, 0.1) is 5.57 Å². The second kappa shape index (κ2) is 10.5. The average molecular weight is 377 g/mol. The molecular formula is C23H36O4. The van der Waals surface area contributed by atoms with E-state index in [4.69, 9.17) is 9.47 Å². The van der Waals surface area contributed by atoms with Gasteiger partial charge in [-0.3, -0.25) is 0 Å². The highest BCUT2D eigenvalue weighted by atomic mass is 16.6. The van der Waals surface area contributed by atoms with Gasteiger partial charge in [-0.1, -0.05) is 59.4 Å². The molecule has 1 rings (SSSR count). The number of hydrogen-bond acceptors (Lipinski definition) is 4. The van der Waals surface area contributed by atoms with Crippen LogP contribution in [0.3, 0.4) is 0 Å². The highest BCUT2D eigenvalue weighted by Gasteiger charge is 2.36. The Morgan fingerprint density at radius 1 is 1.22 bits per heavy atom. The zero-order valence-corrected chi connectivity index (χ0v) is 17.7. The highest BCUT2D eigenvalue weighted by molar-refractivity contribution is 5.93. The van der Waals surface area contributed by atoms with Crippen LogP contribution in [0.2, 0.25) is 0 Å². The van der Waals surface area contributed by atoms with Crippen molar-refractivity contribution in [2.75, 3.05) is 6.61 Å². The van der Waals surface area contributed by atoms with Crippen LogP contribution in [0.4, 0.5) is 0 Å². The normalized spacial score (nSPS) is 18.3. The first-order valence-electron chi connectivity index (χ1n) is 10.0. The number of carbonyl (C=O) groups is 2. The Morgan fingerprint density at radius 2 is 1.85 bits per heavy atom. The molecule has 1 atom stereocenters. The van der Waals surface area contributed by atoms with Gasteiger partial charge < -0.3 is 9.47 Å². The van der Waals surface area contributed by atoms with E-state index in [1.165, 1.54) is 6.08 Å². The minimum atomic E-state index is -0.538. The van der Waals surface area contributed by atoms with Crippen molar-refractivity contribution in [3.8, 4) is 0 Å². The molecule has 1 saturated carbocycles. The molecule has 0 amide bonds. The van der Waals surface area contributed by atoms with E-state index in [1.54, 1.807) is 12.2 Å². The van der Waals surface area contributed by atoms with E-state index in [-0.39, 0.29) is 17.6 Å². The summed E-state index contributed by atoms with van der Waals surface area (Å²) in [6.07, 6.45) is 12.4. The van der Waals surface area contributed by atoms with Crippen LogP contribution in [-0.4, -0.2) is 24.1 Å². The van der Waals surface area contributed by atoms with E-state index in [9.17, 15) is 9.59 Å². The Morgan fingerprint density at radius 3 is 2.37 bits per heavy atom. The van der Waals surface area contributed by atoms with Crippen molar-refractivity contribution in [2.24, 2.45) is 11.3 Å². The zero-order chi connectivity index (χ0) is 20.5. The molecular weight excluding hydrogens is 340 g/mol. The predicted molar refractivity (Wildman–Crippen MR) is 109 cm³/mol. The van der Waals surface area contributed by atoms with Crippen LogP contribution in [0, 0.1) is 11.3 Å². The molecule has 1 aliphatic carbocycles. The molecule has 0 heterocycles. The number of ether oxygens (including phenoxy) is 2. The fourth-order valence-corrected chi connectivity index (χ4v) is 3.10. The van der Waals surface area contributed by atoms with Gasteiger partial charge in [-0.15, -0.1) is 0 Å². The maximum absolute atomic E-state index is 12.3. The molecule has 1 unspecified atom stereocenters. The quantitative estimate of drug-likeness (QED) is 0.301. The van der Waals surface area contributed by atoms with E-state index in [1.807, 2.05) is 13.0 Å². The summed E-state index contributed by atoms with van der Waals surface area (Å²) in [5.74, 6) is -0.541. The Balaban J connectivity index is 2.57. The molecule has 1 aliphatic rings. The standard InChI is InChI=1S/C23H36O4/c1-7-12-19(14-11-13-18(3)22(4,5)6)21(25)26-17-20(24)27-23(8-2)15-9-10-16-23/h7,11-12,14,18H,1,8-10,13,15-17H2,2-6H3/b14-11-,19-12+. The smallest absolute Gasteiger partial charge is 0.344 e. The van der Waals surface area contributed by atoms with E-state index < -0.39 is 11.9 Å². The summed E-state index contributed by atoms with van der Waals surface area (Å²) in [5.41, 5.74) is 0.212. The molecule has 27 heavy (non-hydrogen) atoms. The SMILES string of the molecule is C=C/C=C(\C=C/CC(C)C(C)(C)C)C(=O)OCC(=O)OC1(CC)CCCC1. The first-order valence-corrected chi connectivity index (χ1v) is 10.0. The Kier molecular flexibility index (Phi) is 9.01. The molecule has 152 valence electrons. The second-order valence-corrected chi connectivity index (χ2v) is 8.56. The van der Waals surface area contributed by atoms with Gasteiger partial charge in [0, 0.05) is 0 Å². The van der Waals surface area contributed by atoms with E-state index in [0.29, 0.717) is 11.5 Å². The molecule has 0 N–H and O–H groups in total. The molecule has 0 radical (unpaired) electrons. The lowest BCUT2D eigenvalue weighted by atomic mass is 9.80. The summed E-state index contributed by atoms with van der Waals surface area (Å²) < 4.78 is 10.8. The van der Waals surface area contributed by atoms with Gasteiger partial charge in [-0.05, 0) is 55.9 Å². The molecule has 0 spiro atoms. The lowest BCUT2D eigenvalue weighted by Gasteiger charge is -2.27. The highest BCUT2D eigenvalue weighted by Crippen LogP contribution is 2.36. The zero-order valence-electron chi connectivity index (χ0n) is 17.7. The van der Waals surface area contributed by atoms with Crippen LogP contribution in [-0.2, 0) is 19.1 Å². The second-order valence-electron chi connectivity index (χ2n) is 8.56. The molecule has 0 aliphatic heterocycles. The fourth-order valence-electron chi connectivity index (χ4n) is 3.10. The van der Waals surface area contributed by atoms with Crippen LogP contribution in [0.25, 0.3) is 0 Å². The maximum Gasteiger partial charge on any atom is 0.344 e. The third-order valence-electron chi connectivity index (χ3n) is 5.61. The molecule has 0 saturated heterocycles. The van der Waals surface area contributed by atoms with Crippen molar-refractivity contribution in [3.63, 3.8) is 0 Å². The van der Waals surface area contributed by atoms with Crippen molar-refractivity contribution in [1.82, 2.24) is 0 Å². The van der Waals surface area contributed by atoms with Gasteiger partial charge in [-0.2, -0.15) is 0 Å². The number of rotatable bonds is 9. The lowest BCUT2D eigenvalue weighted by Crippen LogP contribution is -2.33. The summed E-state index contributed by atoms with van der Waals surface area (Å²) in [6, 6.07) is 0. The van der Waals surface area contributed by atoms with Gasteiger partial charge in [-0.25, -0.2) is 9.59 Å². The van der Waals surface area contributed by atoms with Crippen molar-refractivity contribution in [1.29, 1.82) is 0 Å². The lowest BCUT2D eigenvalue weighted by molar-refractivity contribution is -0.168. The van der Waals surface area contributed by atoms with Crippen molar-refractivity contribution in [2.45, 2.75) is 78.7 Å². The van der Waals surface area contributed by atoms with Gasteiger partial charge >= 0.3 is 11.9 Å². The van der Waals surface area contributed by atoms with Crippen LogP contribution in [0.5, 0.6) is 0 Å². The van der Waals surface area contributed by atoms with Crippen LogP contribution < -0.4 is 0 Å². The van der Waals surface area contributed by atoms with Gasteiger partial charge in [0.25, 0.3) is 0 Å². The molecule has 4 nitrogen and oxygen atoms in total. The largest absolute Gasteiger partial charge is 0.457 e. The Hall–Kier alpha value is -1.84. The summed E-state index contributed by atoms with van der Waals surface area (Å²) in [5, 5.41) is 0. The topological polar surface area (TPSA) is 52.6 Å². The first kappa shape index (κ1) is 23.2. The summed E-state index contributed by atoms with van der Waals surface area (Å²) in [7, 11) is 0. The van der Waals surface area contributed by atoms with Crippen molar-refractivity contribution in [3.05, 3.63) is 36.5 Å². The summed E-state index contributed by atoms with van der Waals surface area (Å²) in [6.45, 7) is 14.1. The van der Waals surface area contributed by atoms with Gasteiger partial charge in [0.15, 0.2) is 6.61 Å². The molecule has 0 aromatic heterocycles. The van der Waals surface area contributed by atoms with E-state index >= 15 is 0 Å². The van der Waals surface area contributed by atoms with Crippen LogP contribution in [0.15, 0.2) is 36.5 Å². The van der Waals surface area contributed by atoms with E-state index in [2.05, 4.69) is 34.3 Å². The van der Waals surface area contributed by atoms with Gasteiger partial charge in [0.1, 0.15) is 5.60 Å². The third kappa shape index (κ3) is 7.74. The Bertz CT molecular complexity index is 572. The third-order valence-corrected chi connectivity index (χ3v) is 5.61. The van der Waals surface area contributed by atoms with Crippen molar-refractivity contribution < 1.29 is 19.1 Å². The molecule has 4 heteroatoms. The predicted octanol–water partition coefficient (Wildman–Crippen LogP) is 5.54. The molecule has 0 aromatic rings. The number of allylic oxidation sites excluding steroid dienone is 3. The van der Waals surface area contributed by atoms with E-state index in [0.717, 1.165) is 38.5 Å².